The van der Waals surface area contributed by atoms with E-state index in [2.05, 4.69) is 45.3 Å². The lowest BCUT2D eigenvalue weighted by Gasteiger charge is -2.33. The Hall–Kier alpha value is -3.30. The topological polar surface area (TPSA) is 114 Å². The van der Waals surface area contributed by atoms with Gasteiger partial charge in [0.15, 0.2) is 0 Å². The number of aromatic nitrogens is 3. The molecule has 2 aliphatic rings. The molecule has 0 radical (unpaired) electrons. The fourth-order valence-corrected chi connectivity index (χ4v) is 4.86. The van der Waals surface area contributed by atoms with E-state index in [0.29, 0.717) is 21.6 Å². The molecule has 2 aliphatic heterocycles. The Morgan fingerprint density at radius 1 is 1.22 bits per heavy atom. The molecule has 0 unspecified atom stereocenters. The number of amides is 2. The number of benzene rings is 1. The number of aryl methyl sites for hydroxylation is 1. The van der Waals surface area contributed by atoms with E-state index in [0.717, 1.165) is 54.5 Å². The quantitative estimate of drug-likeness (QED) is 0.590. The summed E-state index contributed by atoms with van der Waals surface area (Å²) < 4.78 is 0. The van der Waals surface area contributed by atoms with Crippen molar-refractivity contribution in [2.75, 3.05) is 18.0 Å². The SMILES string of the molecule is Cc1cc(-c2ncnc3ccc(/C=C4\SC(=O)NC4=O)nc23)ccc1N1CCC[C@@H](N)C1. The smallest absolute Gasteiger partial charge is 0.290 e. The number of nitrogens with two attached hydrogens (primary N) is 1. The predicted octanol–water partition coefficient (Wildman–Crippen LogP) is 3.25. The van der Waals surface area contributed by atoms with Crippen molar-refractivity contribution in [3.63, 3.8) is 0 Å². The fourth-order valence-electron chi connectivity index (χ4n) is 4.19. The molecule has 3 N–H and O–H groups in total. The number of rotatable bonds is 3. The summed E-state index contributed by atoms with van der Waals surface area (Å²) in [4.78, 5) is 39.5. The van der Waals surface area contributed by atoms with Crippen LogP contribution in [0.3, 0.4) is 0 Å². The first-order valence-corrected chi connectivity index (χ1v) is 11.3. The number of nitrogens with zero attached hydrogens (tertiary/aromatic N) is 4. The Labute approximate surface area is 189 Å². The summed E-state index contributed by atoms with van der Waals surface area (Å²) in [6.45, 7) is 3.97. The van der Waals surface area contributed by atoms with Crippen LogP contribution in [0.25, 0.3) is 28.4 Å². The average molecular weight is 447 g/mol. The van der Waals surface area contributed by atoms with Crippen LogP contribution in [-0.4, -0.2) is 45.2 Å². The summed E-state index contributed by atoms with van der Waals surface area (Å²) in [5.41, 5.74) is 12.1. The highest BCUT2D eigenvalue weighted by molar-refractivity contribution is 8.18. The minimum Gasteiger partial charge on any atom is -0.370 e. The first kappa shape index (κ1) is 20.6. The number of imide groups is 1. The lowest BCUT2D eigenvalue weighted by molar-refractivity contribution is -0.115. The number of piperidine rings is 1. The Kier molecular flexibility index (Phi) is 5.36. The van der Waals surface area contributed by atoms with E-state index in [4.69, 9.17) is 10.7 Å². The molecule has 2 fully saturated rings. The van der Waals surface area contributed by atoms with E-state index >= 15 is 0 Å². The summed E-state index contributed by atoms with van der Waals surface area (Å²) >= 11 is 0.868. The van der Waals surface area contributed by atoms with Gasteiger partial charge >= 0.3 is 0 Å². The molecular formula is C23H22N6O2S. The van der Waals surface area contributed by atoms with Crippen molar-refractivity contribution in [1.29, 1.82) is 0 Å². The van der Waals surface area contributed by atoms with Gasteiger partial charge in [0, 0.05) is 30.4 Å². The Morgan fingerprint density at radius 3 is 2.84 bits per heavy atom. The number of thioether (sulfide) groups is 1. The zero-order chi connectivity index (χ0) is 22.2. The number of carbonyl (C=O) groups is 2. The van der Waals surface area contributed by atoms with Gasteiger partial charge in [-0.05, 0) is 67.4 Å². The third kappa shape index (κ3) is 3.96. The van der Waals surface area contributed by atoms with Gasteiger partial charge in [0.25, 0.3) is 11.1 Å². The molecule has 0 spiro atoms. The third-order valence-corrected chi connectivity index (χ3v) is 6.50. The third-order valence-electron chi connectivity index (χ3n) is 5.69. The van der Waals surface area contributed by atoms with Gasteiger partial charge in [-0.3, -0.25) is 14.9 Å². The molecule has 1 atom stereocenters. The van der Waals surface area contributed by atoms with Crippen LogP contribution in [0.4, 0.5) is 10.5 Å². The maximum absolute atomic E-state index is 11.9. The van der Waals surface area contributed by atoms with Gasteiger partial charge in [0.2, 0.25) is 0 Å². The van der Waals surface area contributed by atoms with Crippen LogP contribution in [0.1, 0.15) is 24.1 Å². The monoisotopic (exact) mass is 446 g/mol. The van der Waals surface area contributed by atoms with Crippen molar-refractivity contribution in [2.45, 2.75) is 25.8 Å². The summed E-state index contributed by atoms with van der Waals surface area (Å²) in [6.07, 6.45) is 5.31. The number of hydrogen-bond acceptors (Lipinski definition) is 8. The highest BCUT2D eigenvalue weighted by Crippen LogP contribution is 2.31. The summed E-state index contributed by atoms with van der Waals surface area (Å²) in [5, 5.41) is 1.88. The molecule has 8 nitrogen and oxygen atoms in total. The summed E-state index contributed by atoms with van der Waals surface area (Å²) in [7, 11) is 0. The zero-order valence-electron chi connectivity index (χ0n) is 17.5. The Bertz CT molecular complexity index is 1270. The van der Waals surface area contributed by atoms with Crippen LogP contribution in [0.15, 0.2) is 41.6 Å². The van der Waals surface area contributed by atoms with Crippen molar-refractivity contribution in [3.8, 4) is 11.3 Å². The second-order valence-electron chi connectivity index (χ2n) is 8.03. The largest absolute Gasteiger partial charge is 0.370 e. The number of carbonyl (C=O) groups excluding carboxylic acids is 2. The molecule has 2 amide bonds. The minimum absolute atomic E-state index is 0.209. The molecule has 4 heterocycles. The normalized spacial score (nSPS) is 20.2. The van der Waals surface area contributed by atoms with E-state index in [1.165, 1.54) is 12.0 Å². The molecule has 2 aromatic heterocycles. The molecule has 162 valence electrons. The maximum atomic E-state index is 11.9. The molecular weight excluding hydrogens is 424 g/mol. The lowest BCUT2D eigenvalue weighted by Crippen LogP contribution is -2.43. The van der Waals surface area contributed by atoms with Crippen LogP contribution in [0, 0.1) is 6.92 Å². The van der Waals surface area contributed by atoms with Crippen molar-refractivity contribution < 1.29 is 9.59 Å². The number of pyridine rings is 1. The maximum Gasteiger partial charge on any atom is 0.290 e. The van der Waals surface area contributed by atoms with E-state index in [1.54, 1.807) is 12.1 Å². The van der Waals surface area contributed by atoms with E-state index in [9.17, 15) is 9.59 Å². The van der Waals surface area contributed by atoms with Gasteiger partial charge in [-0.15, -0.1) is 0 Å². The average Bonchev–Trinajstić information content (AvgIpc) is 3.09. The van der Waals surface area contributed by atoms with Crippen LogP contribution >= 0.6 is 11.8 Å². The summed E-state index contributed by atoms with van der Waals surface area (Å²) in [5.74, 6) is -0.407. The Balaban J connectivity index is 1.52. The Morgan fingerprint density at radius 2 is 2.09 bits per heavy atom. The van der Waals surface area contributed by atoms with Crippen molar-refractivity contribution in [1.82, 2.24) is 20.3 Å². The minimum atomic E-state index is -0.407. The molecule has 0 bridgehead atoms. The highest BCUT2D eigenvalue weighted by atomic mass is 32.2. The van der Waals surface area contributed by atoms with E-state index in [1.807, 2.05) is 6.07 Å². The summed E-state index contributed by atoms with van der Waals surface area (Å²) in [6, 6.07) is 10.1. The van der Waals surface area contributed by atoms with Gasteiger partial charge in [0.05, 0.1) is 21.8 Å². The second kappa shape index (κ2) is 8.33. The molecule has 9 heteroatoms. The molecule has 2 saturated heterocycles. The number of hydrogen-bond donors (Lipinski definition) is 2. The molecule has 0 saturated carbocycles. The lowest BCUT2D eigenvalue weighted by atomic mass is 10.0. The van der Waals surface area contributed by atoms with E-state index in [-0.39, 0.29) is 11.3 Å². The molecule has 32 heavy (non-hydrogen) atoms. The molecule has 3 aromatic rings. The van der Waals surface area contributed by atoms with Crippen LogP contribution < -0.4 is 16.0 Å². The molecule has 1 aromatic carbocycles. The number of anilines is 1. The van der Waals surface area contributed by atoms with Crippen molar-refractivity contribution >= 4 is 45.7 Å². The van der Waals surface area contributed by atoms with Gasteiger partial charge in [0.1, 0.15) is 11.8 Å². The number of fused-ring (bicyclic) bond motifs is 1. The van der Waals surface area contributed by atoms with Crippen molar-refractivity contribution in [3.05, 3.63) is 52.8 Å². The predicted molar refractivity (Wildman–Crippen MR) is 126 cm³/mol. The standard InChI is InChI=1S/C23H22N6O2S/c1-13-9-14(4-7-18(13)29-8-2-3-15(24)11-29)20-21-17(25-12-26-20)6-5-16(27-21)10-19-22(30)28-23(31)32-19/h4-7,9-10,12,15H,2-3,8,11,24H2,1H3,(H,28,30,31)/b19-10-/t15-/m1/s1. The zero-order valence-corrected chi connectivity index (χ0v) is 18.4. The number of nitrogens with one attached hydrogen (secondary N) is 1. The molecule has 5 rings (SSSR count). The van der Waals surface area contributed by atoms with Gasteiger partial charge in [-0.1, -0.05) is 6.07 Å². The van der Waals surface area contributed by atoms with Crippen molar-refractivity contribution in [2.24, 2.45) is 5.73 Å². The second-order valence-corrected chi connectivity index (χ2v) is 9.04. The van der Waals surface area contributed by atoms with Gasteiger partial charge in [-0.25, -0.2) is 15.0 Å². The highest BCUT2D eigenvalue weighted by Gasteiger charge is 2.25. The van der Waals surface area contributed by atoms with Gasteiger partial charge in [-0.2, -0.15) is 0 Å². The first-order valence-electron chi connectivity index (χ1n) is 10.5. The van der Waals surface area contributed by atoms with E-state index < -0.39 is 5.91 Å². The van der Waals surface area contributed by atoms with Crippen LogP contribution in [0.2, 0.25) is 0 Å². The van der Waals surface area contributed by atoms with Crippen LogP contribution in [-0.2, 0) is 4.79 Å². The fraction of sp³-hybridized carbons (Fsp3) is 0.261. The van der Waals surface area contributed by atoms with Crippen LogP contribution in [0.5, 0.6) is 0 Å². The molecule has 0 aliphatic carbocycles. The van der Waals surface area contributed by atoms with Gasteiger partial charge < -0.3 is 10.6 Å². The first-order chi connectivity index (χ1) is 15.5.